The molecule has 18 heteroatoms. The number of pyridine rings is 1. The van der Waals surface area contributed by atoms with Gasteiger partial charge in [-0.1, -0.05) is 24.3 Å². The lowest BCUT2D eigenvalue weighted by molar-refractivity contribution is -0.136. The lowest BCUT2D eigenvalue weighted by Crippen LogP contribution is -2.53. The Balaban J connectivity index is 0.739. The van der Waals surface area contributed by atoms with Gasteiger partial charge in [0, 0.05) is 81.6 Å². The van der Waals surface area contributed by atoms with E-state index in [0.717, 1.165) is 92.1 Å². The van der Waals surface area contributed by atoms with Crippen LogP contribution in [-0.2, 0) is 22.7 Å². The quantitative estimate of drug-likeness (QED) is 0.151. The average Bonchev–Trinajstić information content (AvgIpc) is 3.89. The number of hydrogen-bond donors (Lipinski definition) is 3. The second-order valence-electron chi connectivity index (χ2n) is 17.8. The first-order chi connectivity index (χ1) is 32.5. The van der Waals surface area contributed by atoms with E-state index in [2.05, 4.69) is 48.3 Å². The number of nitrogens with zero attached hydrogens (tertiary/aromatic N) is 9. The number of benzene rings is 3. The number of amides is 4. The molecule has 3 saturated heterocycles. The molecule has 1 unspecified atom stereocenters. The molecule has 7 heterocycles. The van der Waals surface area contributed by atoms with Crippen molar-refractivity contribution in [1.82, 2.24) is 45.2 Å². The number of nitrogens with two attached hydrogens (primary N) is 1. The van der Waals surface area contributed by atoms with Gasteiger partial charge in [-0.2, -0.15) is 5.10 Å². The molecular weight excluding hydrogens is 856 g/mol. The van der Waals surface area contributed by atoms with Gasteiger partial charge in [0.25, 0.3) is 11.8 Å². The maximum absolute atomic E-state index is 13.9. The van der Waals surface area contributed by atoms with Crippen LogP contribution < -0.4 is 30.9 Å². The third kappa shape index (κ3) is 8.59. The van der Waals surface area contributed by atoms with Crippen molar-refractivity contribution in [2.45, 2.75) is 57.8 Å². The normalized spacial score (nSPS) is 19.2. The summed E-state index contributed by atoms with van der Waals surface area (Å²) < 4.78 is 20.8. The number of carbonyl (C=O) groups excluding carboxylic acids is 4. The number of hydrogen-bond acceptors (Lipinski definition) is 13. The summed E-state index contributed by atoms with van der Waals surface area (Å²) in [5.74, 6) is 0.265. The number of nitrogen functional groups attached to an aromatic ring is 1. The van der Waals surface area contributed by atoms with Gasteiger partial charge < -0.3 is 30.5 Å². The number of piperidine rings is 2. The van der Waals surface area contributed by atoms with E-state index < -0.39 is 23.7 Å². The van der Waals surface area contributed by atoms with Gasteiger partial charge in [0.15, 0.2) is 5.65 Å². The van der Waals surface area contributed by atoms with Crippen molar-refractivity contribution in [3.8, 4) is 22.7 Å². The Labute approximate surface area is 386 Å². The minimum absolute atomic E-state index is 0.117. The van der Waals surface area contributed by atoms with Gasteiger partial charge in [-0.25, -0.2) is 24.0 Å². The molecule has 67 heavy (non-hydrogen) atoms. The molecule has 0 saturated carbocycles. The second kappa shape index (κ2) is 18.1. The largest absolute Gasteiger partial charge is 0.496 e. The first kappa shape index (κ1) is 43.4. The molecular formula is C49H51FN12O5. The van der Waals surface area contributed by atoms with Crippen molar-refractivity contribution in [3.63, 3.8) is 0 Å². The van der Waals surface area contributed by atoms with Gasteiger partial charge >= 0.3 is 0 Å². The van der Waals surface area contributed by atoms with E-state index in [0.29, 0.717) is 47.0 Å². The molecule has 4 amide bonds. The average molecular weight is 907 g/mol. The molecule has 0 radical (unpaired) electrons. The highest BCUT2D eigenvalue weighted by Crippen LogP contribution is 2.34. The molecule has 10 rings (SSSR count). The highest BCUT2D eigenvalue weighted by atomic mass is 19.1. The van der Waals surface area contributed by atoms with E-state index in [1.807, 2.05) is 54.7 Å². The number of piperazine rings is 1. The Morgan fingerprint density at radius 3 is 2.46 bits per heavy atom. The van der Waals surface area contributed by atoms with Crippen LogP contribution in [-0.4, -0.2) is 117 Å². The lowest BCUT2D eigenvalue weighted by atomic mass is 9.95. The number of methoxy groups -OCH3 is 1. The summed E-state index contributed by atoms with van der Waals surface area (Å²) in [5.41, 5.74) is 12.7. The van der Waals surface area contributed by atoms with Crippen LogP contribution in [0.1, 0.15) is 64.4 Å². The van der Waals surface area contributed by atoms with E-state index in [4.69, 9.17) is 20.6 Å². The van der Waals surface area contributed by atoms with Gasteiger partial charge in [0.05, 0.1) is 29.9 Å². The van der Waals surface area contributed by atoms with Crippen LogP contribution in [0.2, 0.25) is 0 Å². The minimum Gasteiger partial charge on any atom is -0.496 e. The Kier molecular flexibility index (Phi) is 11.7. The smallest absolute Gasteiger partial charge is 0.255 e. The summed E-state index contributed by atoms with van der Waals surface area (Å²) in [4.78, 5) is 72.9. The van der Waals surface area contributed by atoms with E-state index in [1.165, 1.54) is 25.6 Å². The molecule has 3 aromatic heterocycles. The molecule has 0 spiro atoms. The number of halogens is 1. The van der Waals surface area contributed by atoms with Gasteiger partial charge in [0.2, 0.25) is 11.8 Å². The van der Waals surface area contributed by atoms with E-state index >= 15 is 0 Å². The number of rotatable bonds is 11. The predicted molar refractivity (Wildman–Crippen MR) is 249 cm³/mol. The number of anilines is 3. The van der Waals surface area contributed by atoms with Crippen molar-refractivity contribution in [1.29, 1.82) is 0 Å². The Hall–Kier alpha value is -7.47. The molecule has 0 aliphatic carbocycles. The number of fused-ring (bicyclic) bond motifs is 2. The molecule has 4 N–H and O–H groups in total. The van der Waals surface area contributed by atoms with Crippen LogP contribution in [0.3, 0.4) is 0 Å². The van der Waals surface area contributed by atoms with Gasteiger partial charge in [-0.3, -0.25) is 29.4 Å². The van der Waals surface area contributed by atoms with Crippen LogP contribution in [0, 0.1) is 11.7 Å². The zero-order valence-corrected chi connectivity index (χ0v) is 37.3. The Morgan fingerprint density at radius 2 is 1.72 bits per heavy atom. The molecule has 17 nitrogen and oxygen atoms in total. The molecule has 3 aromatic carbocycles. The zero-order chi connectivity index (χ0) is 46.3. The number of nitrogens with one attached hydrogen (secondary N) is 2. The predicted octanol–water partition coefficient (Wildman–Crippen LogP) is 4.73. The van der Waals surface area contributed by atoms with Gasteiger partial charge in [0.1, 0.15) is 41.3 Å². The molecule has 6 aromatic rings. The highest BCUT2D eigenvalue weighted by Gasteiger charge is 2.39. The number of carbonyl (C=O) groups is 4. The van der Waals surface area contributed by atoms with Gasteiger partial charge in [-0.05, 0) is 91.8 Å². The molecule has 3 fully saturated rings. The summed E-state index contributed by atoms with van der Waals surface area (Å²) in [6, 6.07) is 21.1. The van der Waals surface area contributed by atoms with Crippen LogP contribution in [0.25, 0.3) is 28.0 Å². The third-order valence-corrected chi connectivity index (χ3v) is 13.6. The fourth-order valence-electron chi connectivity index (χ4n) is 9.98. The number of aromatic nitrogens is 5. The minimum atomic E-state index is -0.614. The first-order valence-corrected chi connectivity index (χ1v) is 22.7. The maximum Gasteiger partial charge on any atom is 0.255 e. The maximum atomic E-state index is 13.9. The fourth-order valence-corrected chi connectivity index (χ4v) is 9.98. The molecule has 4 aliphatic heterocycles. The summed E-state index contributed by atoms with van der Waals surface area (Å²) in [7, 11) is 1.43. The van der Waals surface area contributed by atoms with E-state index in [-0.39, 0.29) is 42.1 Å². The number of imide groups is 1. The standard InChI is InChI=1S/C49H51FN12O5/c1-29-25-58(26-31-15-17-59(18-16-31)35-8-10-37-33(21-35)27-61(49(37)66)39-11-14-42(63)56-48(39)65)19-20-60(29)41-13-9-36(24-52-41)62-46-43(45(51)54-28-55-46)44(57-62)32-5-3-30(4-6-32)23-53-47(64)38-22-34(50)7-12-40(38)67-2/h3-10,12-13,21-22,24,28-29,31,39H,11,14-20,23,25-27H2,1-2H3,(H,53,64)(H2,51,54,55)(H,56,63,65)/t29-,39?/m0/s1. The van der Waals surface area contributed by atoms with Crippen LogP contribution in [0.5, 0.6) is 5.75 Å². The fraction of sp³-hybridized carbons (Fsp3) is 0.347. The van der Waals surface area contributed by atoms with Crippen LogP contribution in [0.4, 0.5) is 21.7 Å². The second-order valence-corrected chi connectivity index (χ2v) is 17.8. The van der Waals surface area contributed by atoms with Crippen molar-refractivity contribution in [2.75, 3.05) is 61.9 Å². The molecule has 4 aliphatic rings. The summed E-state index contributed by atoms with van der Waals surface area (Å²) in [5, 5.41) is 10.8. The third-order valence-electron chi connectivity index (χ3n) is 13.6. The first-order valence-electron chi connectivity index (χ1n) is 22.7. The number of ether oxygens (including phenoxy) is 1. The van der Waals surface area contributed by atoms with Crippen molar-refractivity contribution in [2.24, 2.45) is 5.92 Å². The SMILES string of the molecule is COc1ccc(F)cc1C(=O)NCc1ccc(-c2nn(-c3ccc(N4CCN(CC5CCN(c6ccc7c(c6)CN(C6CCC(=O)NC6=O)C7=O)CC5)C[C@@H]4C)nc3)c3ncnc(N)c23)cc1. The molecule has 344 valence electrons. The van der Waals surface area contributed by atoms with Crippen LogP contribution in [0.15, 0.2) is 85.3 Å². The van der Waals surface area contributed by atoms with E-state index in [1.54, 1.807) is 9.58 Å². The monoisotopic (exact) mass is 906 g/mol. The van der Waals surface area contributed by atoms with Crippen molar-refractivity contribution >= 4 is 52.0 Å². The lowest BCUT2D eigenvalue weighted by Gasteiger charge is -2.43. The Morgan fingerprint density at radius 1 is 0.910 bits per heavy atom. The Bertz CT molecular complexity index is 2880. The molecule has 0 bridgehead atoms. The molecule has 2 atom stereocenters. The topological polar surface area (TPSA) is 197 Å². The van der Waals surface area contributed by atoms with Crippen molar-refractivity contribution < 1.29 is 28.3 Å². The highest BCUT2D eigenvalue weighted by molar-refractivity contribution is 6.05. The summed E-state index contributed by atoms with van der Waals surface area (Å²) in [6.07, 6.45) is 5.99. The van der Waals surface area contributed by atoms with E-state index in [9.17, 15) is 23.6 Å². The summed E-state index contributed by atoms with van der Waals surface area (Å²) in [6.45, 7) is 8.49. The van der Waals surface area contributed by atoms with Crippen LogP contribution >= 0.6 is 0 Å². The van der Waals surface area contributed by atoms with Crippen molar-refractivity contribution in [3.05, 3.63) is 113 Å². The summed E-state index contributed by atoms with van der Waals surface area (Å²) >= 11 is 0. The van der Waals surface area contributed by atoms with Gasteiger partial charge in [-0.15, -0.1) is 0 Å². The zero-order valence-electron chi connectivity index (χ0n) is 37.3.